The number of ether oxygens (including phenoxy) is 4. The van der Waals surface area contributed by atoms with Gasteiger partial charge in [0, 0.05) is 97.9 Å². The third kappa shape index (κ3) is 21.8. The second-order valence-electron chi connectivity index (χ2n) is 20.0. The van der Waals surface area contributed by atoms with Crippen LogP contribution >= 0.6 is 23.2 Å². The fraction of sp³-hybridized carbons (Fsp3) is 0.286. The molecule has 7 rings (SSSR count). The summed E-state index contributed by atoms with van der Waals surface area (Å²) in [6, 6.07) is 36.6. The summed E-state index contributed by atoms with van der Waals surface area (Å²) < 4.78 is 25.4. The lowest BCUT2D eigenvalue weighted by atomic mass is 9.94. The zero-order valence-electron chi connectivity index (χ0n) is 50.0. The van der Waals surface area contributed by atoms with Crippen LogP contribution in [0.4, 0.5) is 0 Å². The number of aryl methyl sites for hydroxylation is 2. The van der Waals surface area contributed by atoms with E-state index in [0.29, 0.717) is 86.7 Å². The number of benzene rings is 5. The summed E-state index contributed by atoms with van der Waals surface area (Å²) >= 11 is 13.8. The molecule has 5 aromatic carbocycles. The molecule has 0 aliphatic rings. The number of rotatable bonds is 30. The van der Waals surface area contributed by atoms with E-state index in [4.69, 9.17) is 47.3 Å². The highest BCUT2D eigenvalue weighted by atomic mass is 35.5. The first-order valence-electron chi connectivity index (χ1n) is 28.4. The highest BCUT2D eigenvalue weighted by Gasteiger charge is 2.20. The highest BCUT2D eigenvalue weighted by molar-refractivity contribution is 6.32. The minimum Gasteiger partial charge on any atom is -0.488 e. The number of carboxylic acid groups (broad SMARTS) is 1. The molecule has 7 aromatic rings. The van der Waals surface area contributed by atoms with Crippen LogP contribution in [0.1, 0.15) is 112 Å². The van der Waals surface area contributed by atoms with E-state index in [1.165, 1.54) is 12.4 Å². The summed E-state index contributed by atoms with van der Waals surface area (Å²) in [4.78, 5) is 32.0. The molecule has 14 nitrogen and oxygen atoms in total. The number of nitrogens with zero attached hydrogens (tertiary/aromatic N) is 4. The zero-order valence-corrected chi connectivity index (χ0v) is 51.5. The van der Waals surface area contributed by atoms with E-state index in [-0.39, 0.29) is 51.5 Å². The number of nitriles is 2. The number of pyridine rings is 2. The molecule has 2 heterocycles. The van der Waals surface area contributed by atoms with Crippen molar-refractivity contribution in [1.29, 1.82) is 10.5 Å². The number of carbonyl (C=O) groups excluding carboxylic acids is 1. The number of hydrogen-bond donors (Lipinski definition) is 4. The Labute approximate surface area is 516 Å². The first-order chi connectivity index (χ1) is 41.7. The standard InChI is InChI=1S/C67H66Cl2N6O7.C2H6.CH4O/c1-6-54(10-7-9-46(4)40-79-65-30-63(80-41-52-23-50(32-70)34-72-36-52)56(27-61(65)68)38-74-58(21-22-76)25-48-17-13-44(2)14-18-48)60-12-8-11-55(47(60)5)43-82-66-31-64(81-42-53-24-51(33-71)35-73-37-53)57(28-62(66)69)39-75-59(29-67(77)78)26-49-19-15-45(3)16-20-49;2*1-2/h7-20,22-24,27-28,30-31,34-37,58-59,74-75H,4,6,21,25-26,29,38-43H2,1-3,5H3,(H,77,78);1-2H3;2H,1H3/b9-7-,54-10+;;. The monoisotopic (exact) mass is 1200 g/mol. The number of aliphatic hydroxyl groups excluding tert-OH is 1. The van der Waals surface area contributed by atoms with Gasteiger partial charge >= 0.3 is 5.97 Å². The zero-order chi connectivity index (χ0) is 62.4. The van der Waals surface area contributed by atoms with Gasteiger partial charge < -0.3 is 44.6 Å². The van der Waals surface area contributed by atoms with Crippen LogP contribution in [0.5, 0.6) is 23.0 Å². The first-order valence-corrected chi connectivity index (χ1v) is 29.1. The topological polar surface area (TPSA) is 209 Å². The van der Waals surface area contributed by atoms with Crippen LogP contribution in [0.2, 0.25) is 10.0 Å². The van der Waals surface area contributed by atoms with E-state index in [1.54, 1.807) is 48.8 Å². The minimum absolute atomic E-state index is 0.0892. The molecule has 2 aromatic heterocycles. The van der Waals surface area contributed by atoms with Crippen molar-refractivity contribution in [3.05, 3.63) is 241 Å². The maximum absolute atomic E-state index is 12.0. The van der Waals surface area contributed by atoms with Crippen molar-refractivity contribution in [2.75, 3.05) is 13.7 Å². The van der Waals surface area contributed by atoms with Gasteiger partial charge in [-0.15, -0.1) is 0 Å². The third-order valence-electron chi connectivity index (χ3n) is 13.6. The molecule has 0 spiro atoms. The van der Waals surface area contributed by atoms with Gasteiger partial charge in [-0.05, 0) is 103 Å². The predicted molar refractivity (Wildman–Crippen MR) is 340 cm³/mol. The van der Waals surface area contributed by atoms with Gasteiger partial charge in [-0.3, -0.25) is 14.8 Å². The van der Waals surface area contributed by atoms with Crippen LogP contribution in [-0.2, 0) is 55.3 Å². The number of nitrogens with one attached hydrogen (secondary N) is 2. The third-order valence-corrected chi connectivity index (χ3v) is 14.2. The summed E-state index contributed by atoms with van der Waals surface area (Å²) in [5.74, 6) is 0.882. The molecule has 448 valence electrons. The second kappa shape index (κ2) is 36.3. The van der Waals surface area contributed by atoms with Gasteiger partial charge in [0.2, 0.25) is 0 Å². The summed E-state index contributed by atoms with van der Waals surface area (Å²) in [6.07, 6.45) is 15.2. The van der Waals surface area contributed by atoms with E-state index >= 15 is 0 Å². The fourth-order valence-electron chi connectivity index (χ4n) is 9.06. The first kappa shape index (κ1) is 68.2. The Morgan fingerprint density at radius 2 is 1.16 bits per heavy atom. The molecular weight excluding hydrogens is 1120 g/mol. The smallest absolute Gasteiger partial charge is 0.304 e. The molecule has 2 unspecified atom stereocenters. The average Bonchev–Trinajstić information content (AvgIpc) is 2.17. The van der Waals surface area contributed by atoms with Gasteiger partial charge in [0.1, 0.15) is 67.9 Å². The number of carbonyl (C=O) groups is 2. The van der Waals surface area contributed by atoms with E-state index < -0.39 is 5.97 Å². The van der Waals surface area contributed by atoms with E-state index in [1.807, 2.05) is 76.2 Å². The molecule has 16 heteroatoms. The minimum atomic E-state index is -0.914. The number of carboxylic acids is 1. The molecule has 86 heavy (non-hydrogen) atoms. The normalized spacial score (nSPS) is 11.6. The van der Waals surface area contributed by atoms with Crippen molar-refractivity contribution in [2.45, 2.75) is 119 Å². The largest absolute Gasteiger partial charge is 0.488 e. The van der Waals surface area contributed by atoms with Crippen LogP contribution < -0.4 is 29.6 Å². The van der Waals surface area contributed by atoms with Crippen LogP contribution in [0.15, 0.2) is 158 Å². The van der Waals surface area contributed by atoms with Gasteiger partial charge in [0.25, 0.3) is 0 Å². The molecule has 0 aliphatic carbocycles. The summed E-state index contributed by atoms with van der Waals surface area (Å²) in [7, 11) is 1.00. The predicted octanol–water partition coefficient (Wildman–Crippen LogP) is 14.3. The van der Waals surface area contributed by atoms with Gasteiger partial charge in [0.15, 0.2) is 0 Å². The summed E-state index contributed by atoms with van der Waals surface area (Å²) in [5, 5.41) is 43.4. The lowest BCUT2D eigenvalue weighted by molar-refractivity contribution is -0.137. The number of aliphatic carboxylic acids is 1. The lowest BCUT2D eigenvalue weighted by Gasteiger charge is -2.20. The molecule has 0 saturated carbocycles. The Kier molecular flexibility index (Phi) is 28.8. The molecule has 0 aliphatic heterocycles. The van der Waals surface area contributed by atoms with Gasteiger partial charge in [-0.2, -0.15) is 10.5 Å². The maximum Gasteiger partial charge on any atom is 0.304 e. The number of hydrogen-bond acceptors (Lipinski definition) is 13. The highest BCUT2D eigenvalue weighted by Crippen LogP contribution is 2.36. The fourth-order valence-corrected chi connectivity index (χ4v) is 9.55. The summed E-state index contributed by atoms with van der Waals surface area (Å²) in [5.41, 5.74) is 12.9. The Morgan fingerprint density at radius 3 is 1.66 bits per heavy atom. The van der Waals surface area contributed by atoms with Crippen molar-refractivity contribution < 1.29 is 38.7 Å². The van der Waals surface area contributed by atoms with Crippen LogP contribution in [0, 0.1) is 43.4 Å². The molecule has 0 amide bonds. The Bertz CT molecular complexity index is 3500. The maximum atomic E-state index is 12.0. The second-order valence-corrected chi connectivity index (χ2v) is 20.8. The van der Waals surface area contributed by atoms with Crippen molar-refractivity contribution >= 4 is 41.0 Å². The molecule has 0 bridgehead atoms. The average molecular weight is 1200 g/mol. The lowest BCUT2D eigenvalue weighted by Crippen LogP contribution is -2.33. The number of aliphatic hydroxyl groups is 1. The summed E-state index contributed by atoms with van der Waals surface area (Å²) in [6.45, 7) is 17.7. The van der Waals surface area contributed by atoms with Gasteiger partial charge in [-0.25, -0.2) is 0 Å². The van der Waals surface area contributed by atoms with E-state index in [2.05, 4.69) is 89.6 Å². The van der Waals surface area contributed by atoms with Gasteiger partial charge in [-0.1, -0.05) is 147 Å². The Balaban J connectivity index is 0.00000330. The van der Waals surface area contributed by atoms with E-state index in [0.717, 1.165) is 75.5 Å². The van der Waals surface area contributed by atoms with Crippen LogP contribution in [0.25, 0.3) is 5.57 Å². The number of aromatic nitrogens is 2. The molecule has 0 fully saturated rings. The quantitative estimate of drug-likeness (QED) is 0.0244. The van der Waals surface area contributed by atoms with Crippen LogP contribution in [0.3, 0.4) is 0 Å². The number of halogens is 2. The SMILES string of the molecule is C=C(/C=C\C=C(/CC)c1cccc(COc2cc(OCc3cncc(C#N)c3)c(CNC(CC(=O)O)Cc3ccc(C)cc3)cc2Cl)c1C)COc1cc(OCc2cncc(C#N)c2)c(CNC(CC=O)Cc2ccc(C)cc2)cc1Cl.CC.CO. The molecule has 0 saturated heterocycles. The van der Waals surface area contributed by atoms with Crippen molar-refractivity contribution in [1.82, 2.24) is 20.6 Å². The number of aldehydes is 1. The van der Waals surface area contributed by atoms with Crippen LogP contribution in [-0.4, -0.2) is 58.2 Å². The van der Waals surface area contributed by atoms with Crippen molar-refractivity contribution in [3.8, 4) is 35.1 Å². The molecule has 4 N–H and O–H groups in total. The Hall–Kier alpha value is -8.60. The van der Waals surface area contributed by atoms with E-state index in [9.17, 15) is 25.2 Å². The molecule has 2 atom stereocenters. The number of allylic oxidation sites excluding steroid dienone is 3. The molecular formula is C70H76Cl2N6O8. The van der Waals surface area contributed by atoms with Crippen molar-refractivity contribution in [2.24, 2.45) is 0 Å². The Morgan fingerprint density at radius 1 is 0.663 bits per heavy atom. The van der Waals surface area contributed by atoms with Crippen molar-refractivity contribution in [3.63, 3.8) is 0 Å². The van der Waals surface area contributed by atoms with Gasteiger partial charge in [0.05, 0.1) is 27.6 Å². The molecule has 0 radical (unpaired) electrons.